The number of fused-ring (bicyclic) bond motifs is 2. The van der Waals surface area contributed by atoms with Gasteiger partial charge in [-0.2, -0.15) is 0 Å². The molecule has 34 heavy (non-hydrogen) atoms. The highest BCUT2D eigenvalue weighted by atomic mass is 16.6. The maximum atomic E-state index is 12.4. The van der Waals surface area contributed by atoms with Gasteiger partial charge >= 0.3 is 6.09 Å². The van der Waals surface area contributed by atoms with E-state index in [4.69, 9.17) is 4.74 Å². The summed E-state index contributed by atoms with van der Waals surface area (Å²) in [6.45, 7) is 8.53. The first kappa shape index (κ1) is 25.7. The zero-order chi connectivity index (χ0) is 24.9. The van der Waals surface area contributed by atoms with Crippen molar-refractivity contribution in [2.45, 2.75) is 77.9 Å². The second-order valence-electron chi connectivity index (χ2n) is 10.1. The molecule has 186 valence electrons. The predicted molar refractivity (Wildman–Crippen MR) is 128 cm³/mol. The summed E-state index contributed by atoms with van der Waals surface area (Å²) in [7, 11) is 0. The van der Waals surface area contributed by atoms with Gasteiger partial charge in [0, 0.05) is 19.1 Å². The molecule has 1 saturated heterocycles. The minimum Gasteiger partial charge on any atom is -0.444 e. The molecule has 2 aliphatic heterocycles. The zero-order valence-electron chi connectivity index (χ0n) is 20.8. The van der Waals surface area contributed by atoms with E-state index in [2.05, 4.69) is 5.32 Å². The van der Waals surface area contributed by atoms with Gasteiger partial charge in [0.05, 0.1) is 11.1 Å². The number of carbonyl (C=O) groups excluding carboxylic acids is 4. The van der Waals surface area contributed by atoms with Crippen LogP contribution < -0.4 is 5.32 Å². The average Bonchev–Trinajstić information content (AvgIpc) is 3.06. The van der Waals surface area contributed by atoms with Crippen LogP contribution in [0.15, 0.2) is 24.3 Å². The highest BCUT2D eigenvalue weighted by molar-refractivity contribution is 6.21. The molecular weight excluding hydrogens is 434 g/mol. The molecule has 3 aliphatic rings. The van der Waals surface area contributed by atoms with E-state index in [0.717, 1.165) is 19.4 Å². The molecule has 1 N–H and O–H groups in total. The van der Waals surface area contributed by atoms with Gasteiger partial charge in [0.1, 0.15) is 12.1 Å². The molecule has 8 nitrogen and oxygen atoms in total. The van der Waals surface area contributed by atoms with E-state index < -0.39 is 11.7 Å². The Hall–Kier alpha value is -2.90. The lowest BCUT2D eigenvalue weighted by atomic mass is 9.78. The quantitative estimate of drug-likeness (QED) is 0.673. The van der Waals surface area contributed by atoms with Gasteiger partial charge < -0.3 is 15.0 Å². The van der Waals surface area contributed by atoms with Crippen LogP contribution in [-0.2, 0) is 9.53 Å². The van der Waals surface area contributed by atoms with Crippen molar-refractivity contribution in [3.05, 3.63) is 35.4 Å². The van der Waals surface area contributed by atoms with Crippen molar-refractivity contribution < 1.29 is 23.9 Å². The molecule has 0 bridgehead atoms. The van der Waals surface area contributed by atoms with Gasteiger partial charge in [-0.05, 0) is 71.4 Å². The molecule has 1 aliphatic carbocycles. The number of benzene rings is 1. The lowest BCUT2D eigenvalue weighted by Gasteiger charge is -2.44. The summed E-state index contributed by atoms with van der Waals surface area (Å²) in [5.74, 6) is 0.335. The lowest BCUT2D eigenvalue weighted by Crippen LogP contribution is -2.52. The monoisotopic (exact) mass is 471 g/mol. The molecular formula is C26H37N3O5. The second-order valence-corrected chi connectivity index (χ2v) is 10.1. The third-order valence-corrected chi connectivity index (χ3v) is 6.54. The van der Waals surface area contributed by atoms with E-state index in [1.165, 1.54) is 30.6 Å². The van der Waals surface area contributed by atoms with Gasteiger partial charge in [-0.25, -0.2) is 4.79 Å². The largest absolute Gasteiger partial charge is 0.444 e. The molecule has 0 aromatic heterocycles. The first-order chi connectivity index (χ1) is 16.1. The van der Waals surface area contributed by atoms with E-state index in [0.29, 0.717) is 29.6 Å². The number of likely N-dealkylation sites (tertiary alicyclic amines) is 1. The topological polar surface area (TPSA) is 96.0 Å². The molecule has 2 fully saturated rings. The minimum atomic E-state index is -0.535. The minimum absolute atomic E-state index is 0.0254. The second kappa shape index (κ2) is 11.0. The first-order valence-electron chi connectivity index (χ1n) is 12.3. The Labute approximate surface area is 202 Å². The average molecular weight is 472 g/mol. The number of nitrogens with zero attached hydrogens (tertiary/aromatic N) is 2. The van der Waals surface area contributed by atoms with Gasteiger partial charge in [0.2, 0.25) is 5.91 Å². The molecule has 1 aromatic rings. The summed E-state index contributed by atoms with van der Waals surface area (Å²) < 4.78 is 5.16. The fourth-order valence-corrected chi connectivity index (χ4v) is 5.02. The third-order valence-electron chi connectivity index (χ3n) is 6.54. The fourth-order valence-electron chi connectivity index (χ4n) is 5.02. The number of amides is 4. The molecule has 1 saturated carbocycles. The maximum absolute atomic E-state index is 12.4. The maximum Gasteiger partial charge on any atom is 0.408 e. The molecule has 4 rings (SSSR count). The SMILES string of the molecule is CC(C)(C)OC(=O)NCC(=O)N1CCCC2CCCCC21.CCN1C(=O)c2ccccc2C1=O. The van der Waals surface area contributed by atoms with Gasteiger partial charge in [-0.3, -0.25) is 19.3 Å². The lowest BCUT2D eigenvalue weighted by molar-refractivity contribution is -0.136. The Morgan fingerprint density at radius 3 is 2.18 bits per heavy atom. The number of rotatable bonds is 3. The Morgan fingerprint density at radius 2 is 1.59 bits per heavy atom. The summed E-state index contributed by atoms with van der Waals surface area (Å²) in [5, 5.41) is 2.58. The van der Waals surface area contributed by atoms with E-state index in [-0.39, 0.29) is 24.3 Å². The van der Waals surface area contributed by atoms with E-state index in [1.807, 2.05) is 25.7 Å². The van der Waals surface area contributed by atoms with Crippen LogP contribution in [0.25, 0.3) is 0 Å². The van der Waals surface area contributed by atoms with Crippen molar-refractivity contribution >= 4 is 23.8 Å². The summed E-state index contributed by atoms with van der Waals surface area (Å²) >= 11 is 0. The van der Waals surface area contributed by atoms with Crippen LogP contribution in [0.4, 0.5) is 4.79 Å². The predicted octanol–water partition coefficient (Wildman–Crippen LogP) is 3.99. The van der Waals surface area contributed by atoms with Gasteiger partial charge in [0.25, 0.3) is 11.8 Å². The highest BCUT2D eigenvalue weighted by Gasteiger charge is 2.36. The third kappa shape index (κ3) is 6.15. The van der Waals surface area contributed by atoms with Gasteiger partial charge in [-0.15, -0.1) is 0 Å². The Morgan fingerprint density at radius 1 is 1.00 bits per heavy atom. The standard InChI is InChI=1S/C16H28N2O3.C10H9NO2/c1-16(2,3)21-15(20)17-11-14(19)18-10-6-8-12-7-4-5-9-13(12)18;1-2-11-9(12)7-5-3-4-6-8(7)10(11)13/h12-13H,4-11H2,1-3H3,(H,17,20);3-6H,2H2,1H3. The first-order valence-corrected chi connectivity index (χ1v) is 12.3. The van der Waals surface area contributed by atoms with Crippen LogP contribution >= 0.6 is 0 Å². The van der Waals surface area contributed by atoms with E-state index >= 15 is 0 Å². The number of hydrogen-bond acceptors (Lipinski definition) is 5. The number of hydrogen-bond donors (Lipinski definition) is 1. The number of ether oxygens (including phenoxy) is 1. The number of imide groups is 1. The van der Waals surface area contributed by atoms with Crippen LogP contribution in [0.5, 0.6) is 0 Å². The van der Waals surface area contributed by atoms with Crippen molar-refractivity contribution in [2.75, 3.05) is 19.6 Å². The number of nitrogens with one attached hydrogen (secondary N) is 1. The summed E-state index contributed by atoms with van der Waals surface area (Å²) in [4.78, 5) is 50.3. The van der Waals surface area contributed by atoms with Gasteiger partial charge in [0.15, 0.2) is 0 Å². The molecule has 1 aromatic carbocycles. The summed E-state index contributed by atoms with van der Waals surface area (Å²) in [6.07, 6.45) is 6.67. The Bertz CT molecular complexity index is 886. The van der Waals surface area contributed by atoms with Crippen LogP contribution in [0.2, 0.25) is 0 Å². The molecule has 0 spiro atoms. The Kier molecular flexibility index (Phi) is 8.33. The van der Waals surface area contributed by atoms with Crippen LogP contribution in [0.3, 0.4) is 0 Å². The van der Waals surface area contributed by atoms with Crippen molar-refractivity contribution in [1.29, 1.82) is 0 Å². The van der Waals surface area contributed by atoms with Crippen molar-refractivity contribution in [2.24, 2.45) is 5.92 Å². The zero-order valence-corrected chi connectivity index (χ0v) is 20.8. The van der Waals surface area contributed by atoms with Crippen LogP contribution in [0, 0.1) is 5.92 Å². The van der Waals surface area contributed by atoms with Crippen molar-refractivity contribution in [3.8, 4) is 0 Å². The van der Waals surface area contributed by atoms with Crippen LogP contribution in [0.1, 0.15) is 86.9 Å². The van der Waals surface area contributed by atoms with Crippen molar-refractivity contribution in [1.82, 2.24) is 15.1 Å². The van der Waals surface area contributed by atoms with E-state index in [9.17, 15) is 19.2 Å². The molecule has 4 amide bonds. The number of piperidine rings is 1. The van der Waals surface area contributed by atoms with Crippen LogP contribution in [-0.4, -0.2) is 64.9 Å². The number of carbonyl (C=O) groups is 4. The molecule has 0 radical (unpaired) electrons. The molecule has 2 heterocycles. The smallest absolute Gasteiger partial charge is 0.408 e. The Balaban J connectivity index is 0.000000212. The van der Waals surface area contributed by atoms with Crippen molar-refractivity contribution in [3.63, 3.8) is 0 Å². The summed E-state index contributed by atoms with van der Waals surface area (Å²) in [5.41, 5.74) is 0.510. The molecule has 2 unspecified atom stereocenters. The molecule has 2 atom stereocenters. The van der Waals surface area contributed by atoms with E-state index in [1.54, 1.807) is 31.2 Å². The normalized spacial score (nSPS) is 21.8. The summed E-state index contributed by atoms with van der Waals surface area (Å²) in [6, 6.07) is 7.29. The fraction of sp³-hybridized carbons (Fsp3) is 0.615. The number of alkyl carbamates (subject to hydrolysis) is 1. The highest BCUT2D eigenvalue weighted by Crippen LogP contribution is 2.35. The molecule has 8 heteroatoms. The van der Waals surface area contributed by atoms with Gasteiger partial charge in [-0.1, -0.05) is 25.0 Å².